The van der Waals surface area contributed by atoms with E-state index in [9.17, 15) is 4.79 Å². The Kier molecular flexibility index (Phi) is 5.92. The van der Waals surface area contributed by atoms with Gasteiger partial charge in [-0.05, 0) is 46.5 Å². The van der Waals surface area contributed by atoms with E-state index in [4.69, 9.17) is 3.07 Å². The molecule has 0 spiro atoms. The second-order valence-corrected chi connectivity index (χ2v) is 7.67. The van der Waals surface area contributed by atoms with Gasteiger partial charge in [-0.1, -0.05) is 13.8 Å². The van der Waals surface area contributed by atoms with Gasteiger partial charge in [0.25, 0.3) is 0 Å². The monoisotopic (exact) mass is 355 g/mol. The van der Waals surface area contributed by atoms with Crippen molar-refractivity contribution in [3.8, 4) is 0 Å². The highest BCUT2D eigenvalue weighted by molar-refractivity contribution is 14.1. The average molecular weight is 355 g/mol. The van der Waals surface area contributed by atoms with Crippen LogP contribution in [0.5, 0.6) is 0 Å². The van der Waals surface area contributed by atoms with Crippen molar-refractivity contribution in [3.63, 3.8) is 0 Å². The second-order valence-electron chi connectivity index (χ2n) is 7.23. The Hall–Kier alpha value is 0.160. The van der Waals surface area contributed by atoms with Gasteiger partial charge in [0.05, 0.1) is 6.42 Å². The molecular formula is C13H26INO2. The Bertz CT molecular complexity index is 267. The van der Waals surface area contributed by atoms with E-state index in [-0.39, 0.29) is 22.5 Å². The fraction of sp³-hybridized carbons (Fsp3) is 0.923. The van der Waals surface area contributed by atoms with Gasteiger partial charge in [0.15, 0.2) is 23.0 Å². The van der Waals surface area contributed by atoms with E-state index >= 15 is 0 Å². The Balaban J connectivity index is 4.53. The maximum Gasteiger partial charge on any atom is 0.315 e. The summed E-state index contributed by atoms with van der Waals surface area (Å²) in [5.74, 6) is -0.151. The molecule has 0 heterocycles. The molecule has 0 aromatic heterocycles. The van der Waals surface area contributed by atoms with Crippen molar-refractivity contribution in [2.45, 2.75) is 72.4 Å². The predicted octanol–water partition coefficient (Wildman–Crippen LogP) is 3.85. The molecule has 0 bridgehead atoms. The Morgan fingerprint density at radius 3 is 1.94 bits per heavy atom. The van der Waals surface area contributed by atoms with Gasteiger partial charge < -0.3 is 8.38 Å². The van der Waals surface area contributed by atoms with Crippen molar-refractivity contribution in [3.05, 3.63) is 0 Å². The lowest BCUT2D eigenvalue weighted by Crippen LogP contribution is -2.52. The van der Waals surface area contributed by atoms with Crippen LogP contribution >= 0.6 is 23.0 Å². The Morgan fingerprint density at radius 1 is 1.12 bits per heavy atom. The molecule has 1 N–H and O–H groups in total. The topological polar surface area (TPSA) is 38.3 Å². The van der Waals surface area contributed by atoms with E-state index in [1.807, 2.05) is 0 Å². The molecule has 0 aromatic rings. The normalized spacial score (nSPS) is 13.6. The third-order valence-electron chi connectivity index (χ3n) is 2.34. The molecule has 0 aliphatic heterocycles. The van der Waals surface area contributed by atoms with E-state index in [1.165, 1.54) is 0 Å². The predicted molar refractivity (Wildman–Crippen MR) is 80.1 cm³/mol. The van der Waals surface area contributed by atoms with Gasteiger partial charge in [-0.2, -0.15) is 0 Å². The highest BCUT2D eigenvalue weighted by atomic mass is 127. The van der Waals surface area contributed by atoms with Crippen LogP contribution in [0.4, 0.5) is 0 Å². The zero-order chi connectivity index (χ0) is 13.9. The summed E-state index contributed by atoms with van der Waals surface area (Å²) in [4.78, 5) is 11.3. The molecule has 0 saturated heterocycles. The van der Waals surface area contributed by atoms with Crippen LogP contribution in [0.1, 0.15) is 61.3 Å². The summed E-state index contributed by atoms with van der Waals surface area (Å²) < 4.78 is 4.71. The van der Waals surface area contributed by atoms with Gasteiger partial charge >= 0.3 is 5.97 Å². The molecule has 17 heavy (non-hydrogen) atoms. The van der Waals surface area contributed by atoms with Crippen molar-refractivity contribution in [1.82, 2.24) is 5.32 Å². The van der Waals surface area contributed by atoms with Crippen LogP contribution in [0.25, 0.3) is 0 Å². The molecule has 4 heteroatoms. The summed E-state index contributed by atoms with van der Waals surface area (Å²) in [5, 5.41) is 3.59. The van der Waals surface area contributed by atoms with E-state index in [0.29, 0.717) is 6.42 Å². The molecule has 0 atom stereocenters. The number of halogens is 1. The number of carbonyl (C=O) groups is 1. The minimum atomic E-state index is -0.151. The molecule has 102 valence electrons. The lowest BCUT2D eigenvalue weighted by Gasteiger charge is -2.40. The van der Waals surface area contributed by atoms with Gasteiger partial charge in [-0.3, -0.25) is 4.79 Å². The minimum absolute atomic E-state index is 0.00664. The van der Waals surface area contributed by atoms with Crippen LogP contribution in [0, 0.1) is 5.41 Å². The number of hydrogen-bond acceptors (Lipinski definition) is 3. The molecule has 3 nitrogen and oxygen atoms in total. The fourth-order valence-corrected chi connectivity index (χ4v) is 2.89. The largest absolute Gasteiger partial charge is 0.394 e. The molecule has 0 aliphatic carbocycles. The summed E-state index contributed by atoms with van der Waals surface area (Å²) >= 11 is 1.65. The van der Waals surface area contributed by atoms with Crippen LogP contribution < -0.4 is 5.32 Å². The molecule has 0 saturated carbocycles. The molecule has 0 radical (unpaired) electrons. The van der Waals surface area contributed by atoms with Crippen molar-refractivity contribution in [1.29, 1.82) is 0 Å². The molecule has 0 amide bonds. The van der Waals surface area contributed by atoms with E-state index in [1.54, 1.807) is 23.0 Å². The zero-order valence-electron chi connectivity index (χ0n) is 12.1. The first-order valence-electron chi connectivity index (χ1n) is 5.98. The minimum Gasteiger partial charge on any atom is -0.394 e. The average Bonchev–Trinajstić information content (AvgIpc) is 1.94. The number of carbonyl (C=O) groups excluding carboxylic acids is 1. The summed E-state index contributed by atoms with van der Waals surface area (Å²) in [5.41, 5.74) is 0.000654. The molecule has 0 unspecified atom stereocenters. The van der Waals surface area contributed by atoms with Crippen LogP contribution in [-0.2, 0) is 7.86 Å². The van der Waals surface area contributed by atoms with Crippen LogP contribution in [-0.4, -0.2) is 17.0 Å². The van der Waals surface area contributed by atoms with E-state index < -0.39 is 0 Å². The smallest absolute Gasteiger partial charge is 0.315 e. The van der Waals surface area contributed by atoms with Crippen LogP contribution in [0.2, 0.25) is 0 Å². The van der Waals surface area contributed by atoms with E-state index in [2.05, 4.69) is 53.8 Å². The highest BCUT2D eigenvalue weighted by Crippen LogP contribution is 2.32. The Labute approximate surface area is 120 Å². The number of rotatable bonds is 5. The standard InChI is InChI=1S/C13H26INO2/c1-11(2,3)15-13(6,7)9-12(4,5)8-10(16)17-14/h15H,8-9H2,1-7H3. The third kappa shape index (κ3) is 8.83. The molecular weight excluding hydrogens is 329 g/mol. The number of hydrogen-bond donors (Lipinski definition) is 1. The van der Waals surface area contributed by atoms with Gasteiger partial charge in [0.2, 0.25) is 0 Å². The second kappa shape index (κ2) is 5.87. The van der Waals surface area contributed by atoms with Crippen LogP contribution in [0.15, 0.2) is 0 Å². The molecule has 0 rings (SSSR count). The van der Waals surface area contributed by atoms with Gasteiger partial charge in [-0.15, -0.1) is 0 Å². The summed E-state index contributed by atoms with van der Waals surface area (Å²) in [6.45, 7) is 15.0. The fourth-order valence-electron chi connectivity index (χ4n) is 2.74. The van der Waals surface area contributed by atoms with E-state index in [0.717, 1.165) is 6.42 Å². The quantitative estimate of drug-likeness (QED) is 0.762. The lowest BCUT2D eigenvalue weighted by atomic mass is 9.77. The summed E-state index contributed by atoms with van der Waals surface area (Å²) in [6.07, 6.45) is 1.37. The summed E-state index contributed by atoms with van der Waals surface area (Å²) in [7, 11) is 0. The molecule has 0 fully saturated rings. The third-order valence-corrected chi connectivity index (χ3v) is 2.83. The molecule has 0 aliphatic rings. The van der Waals surface area contributed by atoms with Crippen molar-refractivity contribution >= 4 is 29.0 Å². The Morgan fingerprint density at radius 2 is 1.59 bits per heavy atom. The SMILES string of the molecule is CC(C)(CC(=O)OI)CC(C)(C)NC(C)(C)C. The van der Waals surface area contributed by atoms with Crippen molar-refractivity contribution < 1.29 is 7.86 Å². The molecule has 0 aromatic carbocycles. The first kappa shape index (κ1) is 17.2. The van der Waals surface area contributed by atoms with Crippen molar-refractivity contribution in [2.75, 3.05) is 0 Å². The summed E-state index contributed by atoms with van der Waals surface area (Å²) in [6, 6.07) is 0. The number of nitrogens with one attached hydrogen (secondary N) is 1. The van der Waals surface area contributed by atoms with Gasteiger partial charge in [0.1, 0.15) is 0 Å². The van der Waals surface area contributed by atoms with Gasteiger partial charge in [0, 0.05) is 11.1 Å². The first-order chi connectivity index (χ1) is 7.37. The maximum atomic E-state index is 11.3. The highest BCUT2D eigenvalue weighted by Gasteiger charge is 2.33. The van der Waals surface area contributed by atoms with Crippen molar-refractivity contribution in [2.24, 2.45) is 5.41 Å². The lowest BCUT2D eigenvalue weighted by molar-refractivity contribution is -0.133. The first-order valence-corrected chi connectivity index (χ1v) is 6.86. The van der Waals surface area contributed by atoms with Gasteiger partial charge in [-0.25, -0.2) is 0 Å². The maximum absolute atomic E-state index is 11.3. The van der Waals surface area contributed by atoms with Crippen LogP contribution in [0.3, 0.4) is 0 Å². The zero-order valence-corrected chi connectivity index (χ0v) is 14.3.